The molecule has 0 spiro atoms. The van der Waals surface area contributed by atoms with Crippen molar-refractivity contribution in [2.24, 2.45) is 0 Å². The van der Waals surface area contributed by atoms with E-state index >= 15 is 0 Å². The van der Waals surface area contributed by atoms with Crippen LogP contribution in [-0.2, 0) is 23.7 Å². The van der Waals surface area contributed by atoms with Gasteiger partial charge in [-0.15, -0.1) is 0 Å². The van der Waals surface area contributed by atoms with Crippen molar-refractivity contribution in [3.63, 3.8) is 0 Å². The normalized spacial score (nSPS) is 11.8. The van der Waals surface area contributed by atoms with E-state index in [1.807, 2.05) is 48.5 Å². The smallest absolute Gasteiger partial charge is 0.347 e. The summed E-state index contributed by atoms with van der Waals surface area (Å²) >= 11 is 6.15. The Bertz CT molecular complexity index is 1440. The van der Waals surface area contributed by atoms with Gasteiger partial charge in [-0.3, -0.25) is 0 Å². The maximum atomic E-state index is 13.7. The van der Waals surface area contributed by atoms with E-state index < -0.39 is 17.5 Å². The molecule has 0 aliphatic heterocycles. The number of anilines is 1. The maximum absolute atomic E-state index is 13.7. The Kier molecular flexibility index (Phi) is 8.74. The van der Waals surface area contributed by atoms with Crippen LogP contribution in [0.1, 0.15) is 37.5 Å². The highest BCUT2D eigenvalue weighted by Gasteiger charge is 2.29. The van der Waals surface area contributed by atoms with Gasteiger partial charge in [0.25, 0.3) is 5.92 Å². The van der Waals surface area contributed by atoms with E-state index in [0.717, 1.165) is 35.0 Å². The van der Waals surface area contributed by atoms with Crippen LogP contribution in [0.3, 0.4) is 0 Å². The number of aliphatic carboxylic acids is 1. The molecule has 0 saturated heterocycles. The lowest BCUT2D eigenvalue weighted by molar-refractivity contribution is -0.152. The molecular formula is C32H31ClF2N2O3. The van der Waals surface area contributed by atoms with E-state index in [2.05, 4.69) is 4.90 Å². The molecule has 4 rings (SSSR count). The lowest BCUT2D eigenvalue weighted by Gasteiger charge is -2.25. The van der Waals surface area contributed by atoms with E-state index in [9.17, 15) is 18.7 Å². The Morgan fingerprint density at radius 3 is 2.17 bits per heavy atom. The molecule has 5 nitrogen and oxygen atoms in total. The average Bonchev–Trinajstić information content (AvgIpc) is 2.91. The van der Waals surface area contributed by atoms with Crippen molar-refractivity contribution in [2.45, 2.75) is 45.3 Å². The highest BCUT2D eigenvalue weighted by atomic mass is 35.5. The summed E-state index contributed by atoms with van der Waals surface area (Å²) in [5.41, 5.74) is 2.44. The predicted octanol–water partition coefficient (Wildman–Crippen LogP) is 8.01. The molecule has 0 radical (unpaired) electrons. The molecule has 8 heteroatoms. The number of ether oxygens (including phenoxy) is 1. The predicted molar refractivity (Wildman–Crippen MR) is 154 cm³/mol. The molecule has 0 aliphatic carbocycles. The molecule has 0 amide bonds. The fraction of sp³-hybridized carbons (Fsp3) is 0.250. The van der Waals surface area contributed by atoms with Gasteiger partial charge in [0, 0.05) is 42.4 Å². The molecule has 0 saturated carbocycles. The maximum Gasteiger partial charge on any atom is 0.347 e. The number of alkyl halides is 2. The molecular weight excluding hydrogens is 534 g/mol. The van der Waals surface area contributed by atoms with E-state index in [0.29, 0.717) is 30.3 Å². The number of benzene rings is 3. The first-order valence-electron chi connectivity index (χ1n) is 12.9. The minimum Gasteiger partial charge on any atom is -0.478 e. The van der Waals surface area contributed by atoms with Gasteiger partial charge >= 0.3 is 5.97 Å². The average molecular weight is 565 g/mol. The molecule has 0 unspecified atom stereocenters. The number of aromatic nitrogens is 1. The second kappa shape index (κ2) is 12.0. The van der Waals surface area contributed by atoms with Crippen molar-refractivity contribution < 1.29 is 23.4 Å². The van der Waals surface area contributed by atoms with Gasteiger partial charge in [-0.2, -0.15) is 0 Å². The second-order valence-corrected chi connectivity index (χ2v) is 10.7. The van der Waals surface area contributed by atoms with Crippen LogP contribution in [0.15, 0.2) is 91.1 Å². The highest BCUT2D eigenvalue weighted by molar-refractivity contribution is 6.30. The van der Waals surface area contributed by atoms with Crippen LogP contribution in [0.25, 0.3) is 11.1 Å². The monoisotopic (exact) mass is 564 g/mol. The van der Waals surface area contributed by atoms with Crippen LogP contribution in [0.5, 0.6) is 5.75 Å². The zero-order valence-electron chi connectivity index (χ0n) is 22.6. The first-order valence-corrected chi connectivity index (χ1v) is 13.2. The first-order chi connectivity index (χ1) is 18.9. The zero-order valence-corrected chi connectivity index (χ0v) is 23.3. The largest absolute Gasteiger partial charge is 0.478 e. The van der Waals surface area contributed by atoms with Crippen LogP contribution in [0.4, 0.5) is 14.6 Å². The van der Waals surface area contributed by atoms with Crippen LogP contribution in [0.2, 0.25) is 5.02 Å². The molecule has 1 N–H and O–H groups in total. The van der Waals surface area contributed by atoms with Crippen LogP contribution >= 0.6 is 11.6 Å². The summed E-state index contributed by atoms with van der Waals surface area (Å²) in [6.07, 6.45) is 2.47. The van der Waals surface area contributed by atoms with Crippen molar-refractivity contribution in [3.8, 4) is 16.9 Å². The number of carboxylic acid groups (broad SMARTS) is 1. The summed E-state index contributed by atoms with van der Waals surface area (Å²) in [4.78, 5) is 18.2. The van der Waals surface area contributed by atoms with Gasteiger partial charge in [-0.25, -0.2) is 18.6 Å². The van der Waals surface area contributed by atoms with E-state index in [-0.39, 0.29) is 5.56 Å². The van der Waals surface area contributed by atoms with Crippen LogP contribution < -0.4 is 9.64 Å². The number of rotatable bonds is 11. The number of hydrogen-bond acceptors (Lipinski definition) is 4. The molecule has 1 heterocycles. The molecule has 0 aliphatic rings. The third-order valence-corrected chi connectivity index (χ3v) is 6.78. The fourth-order valence-corrected chi connectivity index (χ4v) is 4.33. The van der Waals surface area contributed by atoms with Crippen molar-refractivity contribution in [2.75, 3.05) is 11.4 Å². The van der Waals surface area contributed by atoms with Gasteiger partial charge in [-0.1, -0.05) is 60.1 Å². The Balaban J connectivity index is 1.53. The number of hydrogen-bond donors (Lipinski definition) is 1. The van der Waals surface area contributed by atoms with Crippen LogP contribution in [-0.4, -0.2) is 28.2 Å². The highest BCUT2D eigenvalue weighted by Crippen LogP contribution is 2.28. The molecule has 4 aromatic rings. The Labute approximate surface area is 238 Å². The van der Waals surface area contributed by atoms with Gasteiger partial charge in [0.2, 0.25) is 0 Å². The van der Waals surface area contributed by atoms with Crippen LogP contribution in [0, 0.1) is 0 Å². The quantitative estimate of drug-likeness (QED) is 0.200. The van der Waals surface area contributed by atoms with Gasteiger partial charge in [-0.05, 0) is 73.4 Å². The van der Waals surface area contributed by atoms with Gasteiger partial charge < -0.3 is 14.7 Å². The summed E-state index contributed by atoms with van der Waals surface area (Å²) < 4.78 is 33.0. The van der Waals surface area contributed by atoms with E-state index in [1.54, 1.807) is 30.5 Å². The number of pyridine rings is 1. The zero-order chi connectivity index (χ0) is 28.9. The SMILES string of the molecule is CC(C)(Oc1ccc(CCN(Cc2ccc(C(C)(F)F)cc2)c2ccc(-c3cccc(Cl)c3)cn2)cc1)C(=O)O. The number of carbonyl (C=O) groups is 1. The van der Waals surface area contributed by atoms with E-state index in [4.69, 9.17) is 21.3 Å². The third kappa shape index (κ3) is 7.57. The number of halogens is 3. The fourth-order valence-electron chi connectivity index (χ4n) is 4.14. The van der Waals surface area contributed by atoms with Crippen molar-refractivity contribution in [1.82, 2.24) is 4.98 Å². The van der Waals surface area contributed by atoms with Gasteiger partial charge in [0.1, 0.15) is 11.6 Å². The minimum atomic E-state index is -2.90. The topological polar surface area (TPSA) is 62.7 Å². The molecule has 208 valence electrons. The number of nitrogens with zero attached hydrogens (tertiary/aromatic N) is 2. The molecule has 40 heavy (non-hydrogen) atoms. The standard InChI is InChI=1S/C32H31ClF2N2O3/c1-31(2,30(38)39)40-28-14-9-22(10-15-28)17-18-37(21-23-7-12-26(13-8-23)32(3,34)35)29-16-11-25(20-36-29)24-5-4-6-27(33)19-24/h4-16,19-20H,17-18,21H2,1-3H3,(H,38,39). The van der Waals surface area contributed by atoms with Crippen molar-refractivity contribution >= 4 is 23.4 Å². The Hall–Kier alpha value is -3.97. The molecule has 0 atom stereocenters. The molecule has 0 fully saturated rings. The van der Waals surface area contributed by atoms with Gasteiger partial charge in [0.15, 0.2) is 5.60 Å². The Morgan fingerprint density at radius 1 is 0.925 bits per heavy atom. The summed E-state index contributed by atoms with van der Waals surface area (Å²) in [7, 11) is 0. The molecule has 0 bridgehead atoms. The molecule has 1 aromatic heterocycles. The minimum absolute atomic E-state index is 0.0276. The Morgan fingerprint density at radius 2 is 1.60 bits per heavy atom. The van der Waals surface area contributed by atoms with Crippen molar-refractivity contribution in [3.05, 3.63) is 113 Å². The summed E-state index contributed by atoms with van der Waals surface area (Å²) in [5.74, 6) is -2.72. The summed E-state index contributed by atoms with van der Waals surface area (Å²) in [6.45, 7) is 4.97. The first kappa shape index (κ1) is 29.0. The molecule has 3 aromatic carbocycles. The summed E-state index contributed by atoms with van der Waals surface area (Å²) in [6, 6.07) is 25.2. The van der Waals surface area contributed by atoms with Gasteiger partial charge in [0.05, 0.1) is 0 Å². The lowest BCUT2D eigenvalue weighted by Crippen LogP contribution is -2.37. The second-order valence-electron chi connectivity index (χ2n) is 10.2. The van der Waals surface area contributed by atoms with E-state index in [1.165, 1.54) is 26.0 Å². The lowest BCUT2D eigenvalue weighted by atomic mass is 10.1. The number of carboxylic acids is 1. The summed E-state index contributed by atoms with van der Waals surface area (Å²) in [5, 5.41) is 9.95. The third-order valence-electron chi connectivity index (χ3n) is 6.55. The van der Waals surface area contributed by atoms with Crippen molar-refractivity contribution in [1.29, 1.82) is 0 Å².